The van der Waals surface area contributed by atoms with Gasteiger partial charge in [0.25, 0.3) is 0 Å². The molecule has 1 unspecified atom stereocenters. The lowest BCUT2D eigenvalue weighted by Crippen LogP contribution is -2.26. The Morgan fingerprint density at radius 3 is 2.44 bits per heavy atom. The molecule has 0 aliphatic heterocycles. The van der Waals surface area contributed by atoms with E-state index in [-0.39, 0.29) is 24.2 Å². The van der Waals surface area contributed by atoms with Crippen molar-refractivity contribution in [2.24, 2.45) is 11.7 Å². The highest BCUT2D eigenvalue weighted by Crippen LogP contribution is 2.17. The first-order valence-electron chi connectivity index (χ1n) is 4.82. The van der Waals surface area contributed by atoms with Crippen LogP contribution in [0.4, 0.5) is 5.69 Å². The van der Waals surface area contributed by atoms with Gasteiger partial charge < -0.3 is 11.1 Å². The molecule has 0 aliphatic carbocycles. The Hall–Kier alpha value is -0.710. The summed E-state index contributed by atoms with van der Waals surface area (Å²) in [5.41, 5.74) is 6.23. The standard InChI is InChI=1S/C11H16N2OS.ClH/c1-8(7-12)11(14)13-9-3-5-10(15-2)6-4-9;/h3-6,8H,7,12H2,1-2H3,(H,13,14);1H. The normalized spacial score (nSPS) is 11.4. The highest BCUT2D eigenvalue weighted by atomic mass is 35.5. The zero-order valence-corrected chi connectivity index (χ0v) is 11.0. The van der Waals surface area contributed by atoms with Crippen LogP contribution in [-0.2, 0) is 4.79 Å². The van der Waals surface area contributed by atoms with Gasteiger partial charge in [-0.2, -0.15) is 0 Å². The van der Waals surface area contributed by atoms with E-state index in [4.69, 9.17) is 5.73 Å². The number of rotatable bonds is 4. The maximum atomic E-state index is 11.5. The monoisotopic (exact) mass is 260 g/mol. The van der Waals surface area contributed by atoms with E-state index in [0.717, 1.165) is 5.69 Å². The number of benzene rings is 1. The summed E-state index contributed by atoms with van der Waals surface area (Å²) in [4.78, 5) is 12.7. The summed E-state index contributed by atoms with van der Waals surface area (Å²) in [7, 11) is 0. The maximum Gasteiger partial charge on any atom is 0.228 e. The van der Waals surface area contributed by atoms with Crippen molar-refractivity contribution in [2.45, 2.75) is 11.8 Å². The van der Waals surface area contributed by atoms with E-state index in [1.807, 2.05) is 37.4 Å². The molecule has 1 amide bonds. The Morgan fingerprint density at radius 2 is 2.00 bits per heavy atom. The molecular formula is C11H17ClN2OS. The van der Waals surface area contributed by atoms with E-state index in [9.17, 15) is 4.79 Å². The van der Waals surface area contributed by atoms with Gasteiger partial charge in [-0.15, -0.1) is 24.2 Å². The molecule has 0 aliphatic rings. The predicted molar refractivity (Wildman–Crippen MR) is 72.3 cm³/mol. The van der Waals surface area contributed by atoms with E-state index in [1.165, 1.54) is 4.90 Å². The van der Waals surface area contributed by atoms with Crippen LogP contribution in [-0.4, -0.2) is 18.7 Å². The molecule has 90 valence electrons. The van der Waals surface area contributed by atoms with E-state index < -0.39 is 0 Å². The molecule has 16 heavy (non-hydrogen) atoms. The SMILES string of the molecule is CSc1ccc(NC(=O)C(C)CN)cc1.Cl. The van der Waals surface area contributed by atoms with Gasteiger partial charge in [-0.3, -0.25) is 4.79 Å². The van der Waals surface area contributed by atoms with Crippen molar-refractivity contribution in [3.8, 4) is 0 Å². The maximum absolute atomic E-state index is 11.5. The molecule has 1 aromatic carbocycles. The van der Waals surface area contributed by atoms with Gasteiger partial charge in [0.1, 0.15) is 0 Å². The van der Waals surface area contributed by atoms with E-state index in [0.29, 0.717) is 6.54 Å². The molecule has 3 nitrogen and oxygen atoms in total. The summed E-state index contributed by atoms with van der Waals surface area (Å²) in [6, 6.07) is 7.75. The third kappa shape index (κ3) is 4.43. The number of nitrogens with one attached hydrogen (secondary N) is 1. The third-order valence-electron chi connectivity index (χ3n) is 2.16. The van der Waals surface area contributed by atoms with Crippen LogP contribution in [0.2, 0.25) is 0 Å². The summed E-state index contributed by atoms with van der Waals surface area (Å²) in [6.45, 7) is 2.18. The van der Waals surface area contributed by atoms with Crippen molar-refractivity contribution >= 4 is 35.8 Å². The number of amides is 1. The van der Waals surface area contributed by atoms with Gasteiger partial charge in [-0.05, 0) is 30.5 Å². The minimum Gasteiger partial charge on any atom is -0.330 e. The van der Waals surface area contributed by atoms with E-state index >= 15 is 0 Å². The highest BCUT2D eigenvalue weighted by Gasteiger charge is 2.10. The van der Waals surface area contributed by atoms with E-state index in [2.05, 4.69) is 5.32 Å². The molecule has 1 rings (SSSR count). The van der Waals surface area contributed by atoms with Gasteiger partial charge in [0, 0.05) is 23.0 Å². The summed E-state index contributed by atoms with van der Waals surface area (Å²) < 4.78 is 0. The molecule has 0 bridgehead atoms. The molecular weight excluding hydrogens is 244 g/mol. The van der Waals surface area contributed by atoms with Crippen LogP contribution < -0.4 is 11.1 Å². The predicted octanol–water partition coefficient (Wildman–Crippen LogP) is 2.36. The van der Waals surface area contributed by atoms with Crippen LogP contribution >= 0.6 is 24.2 Å². The molecule has 0 heterocycles. The number of thioether (sulfide) groups is 1. The summed E-state index contributed by atoms with van der Waals surface area (Å²) in [5.74, 6) is -0.181. The smallest absolute Gasteiger partial charge is 0.228 e. The number of hydrogen-bond donors (Lipinski definition) is 2. The molecule has 1 aromatic rings. The van der Waals surface area contributed by atoms with Gasteiger partial charge >= 0.3 is 0 Å². The molecule has 1 atom stereocenters. The molecule has 0 spiro atoms. The van der Waals surface area contributed by atoms with Crippen molar-refractivity contribution in [3.63, 3.8) is 0 Å². The summed E-state index contributed by atoms with van der Waals surface area (Å²) >= 11 is 1.67. The lowest BCUT2D eigenvalue weighted by molar-refractivity contribution is -0.119. The minimum absolute atomic E-state index is 0. The Kier molecular flexibility index (Phi) is 7.21. The lowest BCUT2D eigenvalue weighted by Gasteiger charge is -2.09. The molecule has 0 saturated carbocycles. The molecule has 3 N–H and O–H groups in total. The minimum atomic E-state index is -0.148. The van der Waals surface area contributed by atoms with Crippen molar-refractivity contribution in [1.29, 1.82) is 0 Å². The first kappa shape index (κ1) is 15.3. The van der Waals surface area contributed by atoms with Crippen molar-refractivity contribution in [2.75, 3.05) is 18.1 Å². The zero-order valence-electron chi connectivity index (χ0n) is 9.40. The molecule has 0 saturated heterocycles. The van der Waals surface area contributed by atoms with Crippen LogP contribution in [0, 0.1) is 5.92 Å². The van der Waals surface area contributed by atoms with Crippen molar-refractivity contribution < 1.29 is 4.79 Å². The fourth-order valence-electron chi connectivity index (χ4n) is 1.05. The van der Waals surface area contributed by atoms with Gasteiger partial charge in [0.15, 0.2) is 0 Å². The number of nitrogens with two attached hydrogens (primary N) is 1. The topological polar surface area (TPSA) is 55.1 Å². The van der Waals surface area contributed by atoms with Crippen LogP contribution in [0.5, 0.6) is 0 Å². The van der Waals surface area contributed by atoms with Crippen molar-refractivity contribution in [3.05, 3.63) is 24.3 Å². The van der Waals surface area contributed by atoms with Crippen LogP contribution in [0.3, 0.4) is 0 Å². The van der Waals surface area contributed by atoms with Gasteiger partial charge in [0.2, 0.25) is 5.91 Å². The van der Waals surface area contributed by atoms with Gasteiger partial charge in [-0.25, -0.2) is 0 Å². The van der Waals surface area contributed by atoms with Crippen LogP contribution in [0.15, 0.2) is 29.2 Å². The molecule has 0 radical (unpaired) electrons. The molecule has 0 fully saturated rings. The lowest BCUT2D eigenvalue weighted by atomic mass is 10.1. The quantitative estimate of drug-likeness (QED) is 0.818. The Bertz CT molecular complexity index is 329. The van der Waals surface area contributed by atoms with Crippen LogP contribution in [0.25, 0.3) is 0 Å². The second kappa shape index (κ2) is 7.54. The fraction of sp³-hybridized carbons (Fsp3) is 0.364. The summed E-state index contributed by atoms with van der Waals surface area (Å²) in [6.07, 6.45) is 2.02. The number of halogens is 1. The summed E-state index contributed by atoms with van der Waals surface area (Å²) in [5, 5.41) is 2.82. The Balaban J connectivity index is 0.00000225. The highest BCUT2D eigenvalue weighted by molar-refractivity contribution is 7.98. The third-order valence-corrected chi connectivity index (χ3v) is 2.90. The number of carbonyl (C=O) groups excluding carboxylic acids is 1. The molecule has 5 heteroatoms. The average molecular weight is 261 g/mol. The molecule has 0 aromatic heterocycles. The number of hydrogen-bond acceptors (Lipinski definition) is 3. The first-order chi connectivity index (χ1) is 7.17. The van der Waals surface area contributed by atoms with Gasteiger partial charge in [-0.1, -0.05) is 6.92 Å². The largest absolute Gasteiger partial charge is 0.330 e. The van der Waals surface area contributed by atoms with Crippen molar-refractivity contribution in [1.82, 2.24) is 0 Å². The zero-order chi connectivity index (χ0) is 11.3. The average Bonchev–Trinajstić information content (AvgIpc) is 2.29. The number of anilines is 1. The van der Waals surface area contributed by atoms with Gasteiger partial charge in [0.05, 0.1) is 0 Å². The second-order valence-corrected chi connectivity index (χ2v) is 4.23. The Labute approximate surface area is 107 Å². The van der Waals surface area contributed by atoms with Crippen LogP contribution in [0.1, 0.15) is 6.92 Å². The van der Waals surface area contributed by atoms with E-state index in [1.54, 1.807) is 11.8 Å². The first-order valence-corrected chi connectivity index (χ1v) is 6.05. The number of carbonyl (C=O) groups is 1. The Morgan fingerprint density at radius 1 is 1.44 bits per heavy atom. The fourth-order valence-corrected chi connectivity index (χ4v) is 1.46. The second-order valence-electron chi connectivity index (χ2n) is 3.35.